The highest BCUT2D eigenvalue weighted by atomic mass is 19.1. The fourth-order valence-corrected chi connectivity index (χ4v) is 2.56. The van der Waals surface area contributed by atoms with E-state index in [1.165, 1.54) is 6.07 Å². The zero-order valence-electron chi connectivity index (χ0n) is 15.1. The minimum absolute atomic E-state index is 0.144. The summed E-state index contributed by atoms with van der Waals surface area (Å²) >= 11 is 0. The van der Waals surface area contributed by atoms with Crippen molar-refractivity contribution >= 4 is 0 Å². The molecule has 0 amide bonds. The number of benzene rings is 2. The smallest absolute Gasteiger partial charge is 0.166 e. The van der Waals surface area contributed by atoms with Crippen molar-refractivity contribution in [3.05, 3.63) is 59.4 Å². The van der Waals surface area contributed by atoms with Gasteiger partial charge >= 0.3 is 0 Å². The second-order valence-corrected chi connectivity index (χ2v) is 5.83. The summed E-state index contributed by atoms with van der Waals surface area (Å²) in [5, 5.41) is 15.2. The maximum absolute atomic E-state index is 13.8. The second kappa shape index (κ2) is 11.5. The molecular weight excluding hydrogens is 335 g/mol. The van der Waals surface area contributed by atoms with Crippen LogP contribution in [0.3, 0.4) is 0 Å². The lowest BCUT2D eigenvalue weighted by Gasteiger charge is -2.16. The van der Waals surface area contributed by atoms with Gasteiger partial charge in [-0.2, -0.15) is 0 Å². The summed E-state index contributed by atoms with van der Waals surface area (Å²) in [5.74, 6) is 0.979. The molecule has 0 fully saturated rings. The fourth-order valence-electron chi connectivity index (χ4n) is 2.56. The van der Waals surface area contributed by atoms with Crippen molar-refractivity contribution in [3.63, 3.8) is 0 Å². The molecule has 0 atom stereocenters. The minimum Gasteiger partial charge on any atom is -0.493 e. The molecule has 2 aromatic carbocycles. The third-order valence-corrected chi connectivity index (χ3v) is 3.92. The Hall–Kier alpha value is -2.15. The van der Waals surface area contributed by atoms with Crippen LogP contribution in [0.1, 0.15) is 17.5 Å². The molecule has 0 aliphatic heterocycles. The van der Waals surface area contributed by atoms with Crippen LogP contribution in [-0.2, 0) is 13.2 Å². The number of hydrogen-bond donors (Lipinski definition) is 3. The molecule has 0 unspecified atom stereocenters. The molecule has 2 rings (SSSR count). The fraction of sp³-hybridized carbons (Fsp3) is 0.400. The van der Waals surface area contributed by atoms with Crippen molar-refractivity contribution in [2.45, 2.75) is 19.6 Å². The molecule has 0 aliphatic rings. The van der Waals surface area contributed by atoms with E-state index in [2.05, 4.69) is 10.6 Å². The Morgan fingerprint density at radius 3 is 2.50 bits per heavy atom. The Morgan fingerprint density at radius 1 is 0.962 bits per heavy atom. The van der Waals surface area contributed by atoms with Crippen LogP contribution in [0.2, 0.25) is 0 Å². The molecule has 2 aromatic rings. The van der Waals surface area contributed by atoms with Gasteiger partial charge < -0.3 is 25.2 Å². The average molecular weight is 362 g/mol. The van der Waals surface area contributed by atoms with Gasteiger partial charge in [0.2, 0.25) is 0 Å². The van der Waals surface area contributed by atoms with Crippen molar-refractivity contribution in [1.82, 2.24) is 10.6 Å². The largest absolute Gasteiger partial charge is 0.493 e. The number of aliphatic hydroxyl groups excluding tert-OH is 1. The van der Waals surface area contributed by atoms with Crippen LogP contribution in [0.4, 0.5) is 4.39 Å². The number of para-hydroxylation sites is 1. The van der Waals surface area contributed by atoms with Gasteiger partial charge in [-0.15, -0.1) is 0 Å². The lowest BCUT2D eigenvalue weighted by molar-refractivity contribution is 0.276. The Balaban J connectivity index is 1.93. The van der Waals surface area contributed by atoms with Gasteiger partial charge in [-0.25, -0.2) is 4.39 Å². The Labute approximate surface area is 154 Å². The van der Waals surface area contributed by atoms with E-state index in [0.29, 0.717) is 30.2 Å². The normalized spacial score (nSPS) is 10.7. The number of hydrogen-bond acceptors (Lipinski definition) is 5. The van der Waals surface area contributed by atoms with E-state index in [-0.39, 0.29) is 19.0 Å². The first-order chi connectivity index (χ1) is 12.8. The number of aliphatic hydroxyl groups is 1. The predicted octanol–water partition coefficient (Wildman–Crippen LogP) is 2.47. The van der Waals surface area contributed by atoms with E-state index in [0.717, 1.165) is 25.1 Å². The minimum atomic E-state index is -0.280. The molecule has 0 heterocycles. The molecule has 0 bridgehead atoms. The molecule has 3 N–H and O–H groups in total. The van der Waals surface area contributed by atoms with E-state index >= 15 is 0 Å². The zero-order chi connectivity index (χ0) is 18.6. The van der Waals surface area contributed by atoms with Crippen LogP contribution < -0.4 is 20.1 Å². The summed E-state index contributed by atoms with van der Waals surface area (Å²) in [6, 6.07) is 12.3. The van der Waals surface area contributed by atoms with Crippen LogP contribution in [0, 0.1) is 5.82 Å². The van der Waals surface area contributed by atoms with E-state index in [9.17, 15) is 4.39 Å². The highest BCUT2D eigenvalue weighted by Crippen LogP contribution is 2.32. The molecule has 6 heteroatoms. The summed E-state index contributed by atoms with van der Waals surface area (Å²) in [7, 11) is 1.59. The molecule has 0 saturated heterocycles. The lowest BCUT2D eigenvalue weighted by atomic mass is 10.1. The number of rotatable bonds is 12. The molecule has 0 radical (unpaired) electrons. The van der Waals surface area contributed by atoms with Crippen molar-refractivity contribution in [1.29, 1.82) is 0 Å². The first kappa shape index (κ1) is 20.2. The van der Waals surface area contributed by atoms with Crippen LogP contribution >= 0.6 is 0 Å². The molecule has 0 aliphatic carbocycles. The summed E-state index contributed by atoms with van der Waals surface area (Å²) in [5.41, 5.74) is 1.47. The van der Waals surface area contributed by atoms with Crippen LogP contribution in [0.25, 0.3) is 0 Å². The molecule has 5 nitrogen and oxygen atoms in total. The zero-order valence-corrected chi connectivity index (χ0v) is 15.1. The van der Waals surface area contributed by atoms with Gasteiger partial charge in [0.05, 0.1) is 13.7 Å². The van der Waals surface area contributed by atoms with Crippen molar-refractivity contribution in [2.75, 3.05) is 33.4 Å². The number of nitrogens with one attached hydrogen (secondary N) is 2. The summed E-state index contributed by atoms with van der Waals surface area (Å²) in [6.07, 6.45) is 0.954. The standard InChI is InChI=1S/C20H27FN2O3/c1-25-19-9-4-7-16(14-23-11-5-10-22-12-13-24)20(19)26-15-17-6-2-3-8-18(17)21/h2-4,6-9,22-24H,5,10-15H2,1H3. The second-order valence-electron chi connectivity index (χ2n) is 5.83. The van der Waals surface area contributed by atoms with Gasteiger partial charge in [-0.3, -0.25) is 0 Å². The molecular formula is C20H27FN2O3. The number of ether oxygens (including phenoxy) is 2. The Bertz CT molecular complexity index is 667. The first-order valence-corrected chi connectivity index (χ1v) is 8.80. The van der Waals surface area contributed by atoms with Gasteiger partial charge in [0, 0.05) is 24.2 Å². The third-order valence-electron chi connectivity index (χ3n) is 3.92. The van der Waals surface area contributed by atoms with Crippen molar-refractivity contribution in [3.8, 4) is 11.5 Å². The Kier molecular flexibility index (Phi) is 8.89. The SMILES string of the molecule is COc1cccc(CNCCCNCCO)c1OCc1ccccc1F. The third kappa shape index (κ3) is 6.29. The molecule has 0 saturated carbocycles. The van der Waals surface area contributed by atoms with E-state index in [4.69, 9.17) is 14.6 Å². The van der Waals surface area contributed by atoms with Gasteiger partial charge in [0.1, 0.15) is 12.4 Å². The highest BCUT2D eigenvalue weighted by Gasteiger charge is 2.12. The van der Waals surface area contributed by atoms with Crippen LogP contribution in [0.5, 0.6) is 11.5 Å². The monoisotopic (exact) mass is 362 g/mol. The first-order valence-electron chi connectivity index (χ1n) is 8.80. The van der Waals surface area contributed by atoms with E-state index in [1.54, 1.807) is 25.3 Å². The van der Waals surface area contributed by atoms with Gasteiger partial charge in [-0.05, 0) is 31.6 Å². The summed E-state index contributed by atoms with van der Waals surface area (Å²) in [4.78, 5) is 0. The number of methoxy groups -OCH3 is 1. The average Bonchev–Trinajstić information content (AvgIpc) is 2.67. The van der Waals surface area contributed by atoms with E-state index in [1.807, 2.05) is 18.2 Å². The molecule has 0 spiro atoms. The van der Waals surface area contributed by atoms with Crippen molar-refractivity contribution < 1.29 is 19.0 Å². The Morgan fingerprint density at radius 2 is 1.73 bits per heavy atom. The van der Waals surface area contributed by atoms with E-state index < -0.39 is 0 Å². The topological polar surface area (TPSA) is 62.8 Å². The maximum Gasteiger partial charge on any atom is 0.166 e. The number of halogens is 1. The van der Waals surface area contributed by atoms with Gasteiger partial charge in [0.25, 0.3) is 0 Å². The predicted molar refractivity (Wildman–Crippen MR) is 100 cm³/mol. The van der Waals surface area contributed by atoms with Crippen LogP contribution in [-0.4, -0.2) is 38.5 Å². The maximum atomic E-state index is 13.8. The molecule has 0 aromatic heterocycles. The van der Waals surface area contributed by atoms with Crippen molar-refractivity contribution in [2.24, 2.45) is 0 Å². The summed E-state index contributed by atoms with van der Waals surface area (Å²) < 4.78 is 25.1. The quantitative estimate of drug-likeness (QED) is 0.507. The molecule has 142 valence electrons. The van der Waals surface area contributed by atoms with Crippen LogP contribution in [0.15, 0.2) is 42.5 Å². The van der Waals surface area contributed by atoms with Gasteiger partial charge in [0.15, 0.2) is 11.5 Å². The lowest BCUT2D eigenvalue weighted by Crippen LogP contribution is -2.24. The van der Waals surface area contributed by atoms with Gasteiger partial charge in [-0.1, -0.05) is 30.3 Å². The highest BCUT2D eigenvalue weighted by molar-refractivity contribution is 5.46. The molecule has 26 heavy (non-hydrogen) atoms. The summed E-state index contributed by atoms with van der Waals surface area (Å²) in [6.45, 7) is 3.23.